The van der Waals surface area contributed by atoms with Gasteiger partial charge >= 0.3 is 0 Å². The molecule has 1 aliphatic heterocycles. The predicted molar refractivity (Wildman–Crippen MR) is 80.4 cm³/mol. The van der Waals surface area contributed by atoms with E-state index in [9.17, 15) is 9.59 Å². The second-order valence-corrected chi connectivity index (χ2v) is 6.09. The Hall–Kier alpha value is -1.84. The lowest BCUT2D eigenvalue weighted by atomic mass is 10.1. The summed E-state index contributed by atoms with van der Waals surface area (Å²) < 4.78 is 0. The van der Waals surface area contributed by atoms with E-state index in [0.717, 1.165) is 18.4 Å². The van der Waals surface area contributed by atoms with Gasteiger partial charge in [-0.3, -0.25) is 9.59 Å². The molecular weight excluding hydrogens is 264 g/mol. The van der Waals surface area contributed by atoms with Crippen LogP contribution in [0.2, 0.25) is 0 Å². The third-order valence-corrected chi connectivity index (χ3v) is 4.60. The highest BCUT2D eigenvalue weighted by atomic mass is 16.2. The molecule has 1 aromatic rings. The highest BCUT2D eigenvalue weighted by Gasteiger charge is 2.38. The normalized spacial score (nSPS) is 22.8. The fourth-order valence-electron chi connectivity index (χ4n) is 3.41. The molecule has 1 saturated carbocycles. The van der Waals surface area contributed by atoms with Crippen molar-refractivity contribution in [2.24, 2.45) is 5.92 Å². The lowest BCUT2D eigenvalue weighted by Crippen LogP contribution is -2.36. The number of nitrogens with zero attached hydrogens (tertiary/aromatic N) is 1. The Bertz CT molecular complexity index is 509. The Morgan fingerprint density at radius 3 is 2.62 bits per heavy atom. The number of hydrogen-bond acceptors (Lipinski definition) is 2. The van der Waals surface area contributed by atoms with Gasteiger partial charge in [0.05, 0.1) is 5.92 Å². The van der Waals surface area contributed by atoms with Gasteiger partial charge in [-0.2, -0.15) is 0 Å². The van der Waals surface area contributed by atoms with Gasteiger partial charge in [-0.1, -0.05) is 43.2 Å². The van der Waals surface area contributed by atoms with Crippen molar-refractivity contribution in [3.05, 3.63) is 35.9 Å². The van der Waals surface area contributed by atoms with E-state index >= 15 is 0 Å². The van der Waals surface area contributed by atoms with Crippen molar-refractivity contribution in [1.29, 1.82) is 0 Å². The summed E-state index contributed by atoms with van der Waals surface area (Å²) in [6.45, 7) is 1.14. The van der Waals surface area contributed by atoms with Crippen molar-refractivity contribution in [2.45, 2.75) is 44.7 Å². The molecule has 2 amide bonds. The molecule has 2 aliphatic rings. The Balaban J connectivity index is 1.52. The molecule has 4 heteroatoms. The molecule has 0 radical (unpaired) electrons. The summed E-state index contributed by atoms with van der Waals surface area (Å²) in [4.78, 5) is 26.3. The van der Waals surface area contributed by atoms with Crippen molar-refractivity contribution in [3.8, 4) is 0 Å². The van der Waals surface area contributed by atoms with Crippen LogP contribution in [0.1, 0.15) is 37.7 Å². The average Bonchev–Trinajstić information content (AvgIpc) is 3.15. The number of nitrogens with one attached hydrogen (secondary N) is 1. The monoisotopic (exact) mass is 286 g/mol. The fourth-order valence-corrected chi connectivity index (χ4v) is 3.41. The van der Waals surface area contributed by atoms with Crippen molar-refractivity contribution in [1.82, 2.24) is 10.2 Å². The Morgan fingerprint density at radius 2 is 1.90 bits per heavy atom. The molecule has 21 heavy (non-hydrogen) atoms. The first kappa shape index (κ1) is 14.1. The number of likely N-dealkylation sites (tertiary alicyclic amines) is 1. The van der Waals surface area contributed by atoms with E-state index in [4.69, 9.17) is 0 Å². The summed E-state index contributed by atoms with van der Waals surface area (Å²) in [5, 5.41) is 2.95. The number of carbonyl (C=O) groups is 2. The van der Waals surface area contributed by atoms with Gasteiger partial charge in [0.1, 0.15) is 0 Å². The number of benzene rings is 1. The first-order chi connectivity index (χ1) is 10.2. The SMILES string of the molecule is O=C(NCc1ccccc1)[C@H]1CC(=O)N(C2CCCC2)C1. The van der Waals surface area contributed by atoms with Gasteiger partial charge < -0.3 is 10.2 Å². The van der Waals surface area contributed by atoms with Crippen LogP contribution in [0.15, 0.2) is 30.3 Å². The van der Waals surface area contributed by atoms with E-state index in [0.29, 0.717) is 25.6 Å². The van der Waals surface area contributed by atoms with Gasteiger partial charge in [0.15, 0.2) is 0 Å². The van der Waals surface area contributed by atoms with E-state index in [1.807, 2.05) is 35.2 Å². The van der Waals surface area contributed by atoms with Gasteiger partial charge in [-0.15, -0.1) is 0 Å². The third kappa shape index (κ3) is 3.26. The third-order valence-electron chi connectivity index (χ3n) is 4.60. The van der Waals surface area contributed by atoms with E-state index in [-0.39, 0.29) is 17.7 Å². The highest BCUT2D eigenvalue weighted by molar-refractivity contribution is 5.89. The van der Waals surface area contributed by atoms with Crippen LogP contribution in [0.25, 0.3) is 0 Å². The minimum absolute atomic E-state index is 0.00713. The molecule has 0 spiro atoms. The van der Waals surface area contributed by atoms with Crippen LogP contribution in [-0.4, -0.2) is 29.3 Å². The number of rotatable bonds is 4. The largest absolute Gasteiger partial charge is 0.352 e. The number of carbonyl (C=O) groups excluding carboxylic acids is 2. The van der Waals surface area contributed by atoms with E-state index in [1.54, 1.807) is 0 Å². The highest BCUT2D eigenvalue weighted by Crippen LogP contribution is 2.29. The maximum Gasteiger partial charge on any atom is 0.225 e. The molecule has 1 atom stereocenters. The summed E-state index contributed by atoms with van der Waals surface area (Å²) in [6, 6.07) is 10.2. The average molecular weight is 286 g/mol. The quantitative estimate of drug-likeness (QED) is 0.921. The van der Waals surface area contributed by atoms with Gasteiger partial charge in [0.25, 0.3) is 0 Å². The Kier molecular flexibility index (Phi) is 4.23. The first-order valence-electron chi connectivity index (χ1n) is 7.85. The van der Waals surface area contributed by atoms with E-state index in [1.165, 1.54) is 12.8 Å². The van der Waals surface area contributed by atoms with Gasteiger partial charge in [0.2, 0.25) is 11.8 Å². The molecule has 1 heterocycles. The smallest absolute Gasteiger partial charge is 0.225 e. The van der Waals surface area contributed by atoms with Crippen LogP contribution >= 0.6 is 0 Å². The van der Waals surface area contributed by atoms with Crippen molar-refractivity contribution >= 4 is 11.8 Å². The first-order valence-corrected chi connectivity index (χ1v) is 7.85. The van der Waals surface area contributed by atoms with Crippen LogP contribution in [0.3, 0.4) is 0 Å². The molecule has 2 fully saturated rings. The molecular formula is C17H22N2O2. The van der Waals surface area contributed by atoms with Crippen LogP contribution in [0, 0.1) is 5.92 Å². The fraction of sp³-hybridized carbons (Fsp3) is 0.529. The summed E-state index contributed by atoms with van der Waals surface area (Å²) in [6.07, 6.45) is 4.99. The summed E-state index contributed by atoms with van der Waals surface area (Å²) in [7, 11) is 0. The summed E-state index contributed by atoms with van der Waals surface area (Å²) in [5.41, 5.74) is 1.09. The lowest BCUT2D eigenvalue weighted by molar-refractivity contribution is -0.130. The molecule has 4 nitrogen and oxygen atoms in total. The van der Waals surface area contributed by atoms with Crippen molar-refractivity contribution in [3.63, 3.8) is 0 Å². The zero-order chi connectivity index (χ0) is 14.7. The van der Waals surface area contributed by atoms with Crippen LogP contribution in [-0.2, 0) is 16.1 Å². The molecule has 0 unspecified atom stereocenters. The molecule has 1 aromatic carbocycles. The molecule has 0 bridgehead atoms. The van der Waals surface area contributed by atoms with Crippen LogP contribution < -0.4 is 5.32 Å². The number of amides is 2. The molecule has 1 aliphatic carbocycles. The summed E-state index contributed by atoms with van der Waals surface area (Å²) in [5.74, 6) is -0.0173. The van der Waals surface area contributed by atoms with Gasteiger partial charge in [0, 0.05) is 25.6 Å². The minimum atomic E-state index is -0.179. The minimum Gasteiger partial charge on any atom is -0.352 e. The Morgan fingerprint density at radius 1 is 1.19 bits per heavy atom. The van der Waals surface area contributed by atoms with Crippen LogP contribution in [0.5, 0.6) is 0 Å². The maximum atomic E-state index is 12.2. The predicted octanol–water partition coefficient (Wildman–Crippen LogP) is 2.09. The van der Waals surface area contributed by atoms with Gasteiger partial charge in [-0.05, 0) is 18.4 Å². The topological polar surface area (TPSA) is 49.4 Å². The molecule has 3 rings (SSSR count). The number of hydrogen-bond donors (Lipinski definition) is 1. The van der Waals surface area contributed by atoms with E-state index in [2.05, 4.69) is 5.32 Å². The van der Waals surface area contributed by atoms with Gasteiger partial charge in [-0.25, -0.2) is 0 Å². The van der Waals surface area contributed by atoms with E-state index < -0.39 is 0 Å². The van der Waals surface area contributed by atoms with Crippen LogP contribution in [0.4, 0.5) is 0 Å². The zero-order valence-corrected chi connectivity index (χ0v) is 12.3. The Labute approximate surface area is 125 Å². The lowest BCUT2D eigenvalue weighted by Gasteiger charge is -2.23. The molecule has 112 valence electrons. The molecule has 1 N–H and O–H groups in total. The summed E-state index contributed by atoms with van der Waals surface area (Å²) >= 11 is 0. The molecule has 1 saturated heterocycles. The maximum absolute atomic E-state index is 12.2. The van der Waals surface area contributed by atoms with Crippen molar-refractivity contribution < 1.29 is 9.59 Å². The second-order valence-electron chi connectivity index (χ2n) is 6.09. The van der Waals surface area contributed by atoms with Crippen molar-refractivity contribution in [2.75, 3.05) is 6.54 Å². The zero-order valence-electron chi connectivity index (χ0n) is 12.3. The standard InChI is InChI=1S/C17H22N2O2/c20-16-10-14(12-19(16)15-8-4-5-9-15)17(21)18-11-13-6-2-1-3-7-13/h1-3,6-7,14-15H,4-5,8-12H2,(H,18,21)/t14-/m0/s1. The molecule has 0 aromatic heterocycles. The second kappa shape index (κ2) is 6.29.